The second-order valence-electron chi connectivity index (χ2n) is 5.92. The van der Waals surface area contributed by atoms with E-state index < -0.39 is 0 Å². The average molecular weight is 337 g/mol. The highest BCUT2D eigenvalue weighted by atomic mass is 16.6. The number of carbonyl (C=O) groups excluding carboxylic acids is 1. The molecule has 1 unspecified atom stereocenters. The minimum Gasteiger partial charge on any atom is -0.452 e. The number of ether oxygens (including phenoxy) is 1. The van der Waals surface area contributed by atoms with E-state index in [4.69, 9.17) is 9.57 Å². The van der Waals surface area contributed by atoms with Gasteiger partial charge in [0.1, 0.15) is 18.4 Å². The first-order valence-electron chi connectivity index (χ1n) is 8.87. The zero-order valence-corrected chi connectivity index (χ0v) is 14.6. The summed E-state index contributed by atoms with van der Waals surface area (Å²) in [7, 11) is 0. The lowest BCUT2D eigenvalue weighted by Gasteiger charge is -2.12. The third-order valence-electron chi connectivity index (χ3n) is 4.45. The molecule has 4 heteroatoms. The number of nitrogens with zero attached hydrogens (tertiary/aromatic N) is 1. The molecule has 4 rings (SSSR count). The van der Waals surface area contributed by atoms with Gasteiger partial charge in [-0.2, -0.15) is 0 Å². The normalized spacial score (nSPS) is 20.6. The molecule has 1 heterocycles. The maximum absolute atomic E-state index is 12.3. The molecule has 0 bridgehead atoms. The molecule has 130 valence electrons. The average Bonchev–Trinajstić information content (AvgIpc) is 3.29. The van der Waals surface area contributed by atoms with Crippen molar-refractivity contribution >= 4 is 11.7 Å². The minimum absolute atomic E-state index is 0.233. The van der Waals surface area contributed by atoms with Crippen molar-refractivity contribution in [3.05, 3.63) is 60.2 Å². The monoisotopic (exact) mass is 337 g/mol. The largest absolute Gasteiger partial charge is 0.452 e. The summed E-state index contributed by atoms with van der Waals surface area (Å²) in [5, 5.41) is 4.02. The van der Waals surface area contributed by atoms with Gasteiger partial charge in [0.25, 0.3) is 0 Å². The van der Waals surface area contributed by atoms with Gasteiger partial charge in [-0.25, -0.2) is 4.79 Å². The van der Waals surface area contributed by atoms with Crippen molar-refractivity contribution in [2.45, 2.75) is 32.8 Å². The van der Waals surface area contributed by atoms with E-state index in [-0.39, 0.29) is 12.1 Å². The number of rotatable bonds is 3. The second-order valence-corrected chi connectivity index (χ2v) is 5.92. The van der Waals surface area contributed by atoms with Crippen molar-refractivity contribution in [1.82, 2.24) is 0 Å². The lowest BCUT2D eigenvalue weighted by atomic mass is 10.0. The van der Waals surface area contributed by atoms with Gasteiger partial charge < -0.3 is 9.57 Å². The Morgan fingerprint density at radius 1 is 1.00 bits per heavy atom. The van der Waals surface area contributed by atoms with Crippen LogP contribution in [0.5, 0.6) is 0 Å². The van der Waals surface area contributed by atoms with Crippen LogP contribution in [0.4, 0.5) is 0 Å². The Morgan fingerprint density at radius 2 is 1.68 bits per heavy atom. The molecule has 2 aliphatic rings. The fourth-order valence-electron chi connectivity index (χ4n) is 3.16. The van der Waals surface area contributed by atoms with Crippen LogP contribution in [0.2, 0.25) is 0 Å². The van der Waals surface area contributed by atoms with Crippen LogP contribution in [0.25, 0.3) is 11.1 Å². The van der Waals surface area contributed by atoms with Gasteiger partial charge >= 0.3 is 5.97 Å². The molecule has 0 spiro atoms. The van der Waals surface area contributed by atoms with Crippen molar-refractivity contribution in [1.29, 1.82) is 0 Å². The fourth-order valence-corrected chi connectivity index (χ4v) is 3.16. The summed E-state index contributed by atoms with van der Waals surface area (Å²) >= 11 is 0. The predicted molar refractivity (Wildman–Crippen MR) is 98.5 cm³/mol. The zero-order valence-electron chi connectivity index (χ0n) is 14.6. The number of esters is 1. The van der Waals surface area contributed by atoms with Crippen molar-refractivity contribution in [3.63, 3.8) is 0 Å². The number of hydrogen-bond donors (Lipinski definition) is 0. The van der Waals surface area contributed by atoms with Crippen LogP contribution in [-0.2, 0) is 9.57 Å². The van der Waals surface area contributed by atoms with Gasteiger partial charge in [0, 0.05) is 5.92 Å². The van der Waals surface area contributed by atoms with E-state index in [9.17, 15) is 4.79 Å². The minimum atomic E-state index is -0.301. The van der Waals surface area contributed by atoms with Gasteiger partial charge in [-0.05, 0) is 36.1 Å². The molecule has 0 amide bonds. The molecule has 1 aliphatic heterocycles. The Hall–Kier alpha value is -2.62. The highest BCUT2D eigenvalue weighted by Crippen LogP contribution is 2.30. The smallest absolute Gasteiger partial charge is 0.338 e. The molecule has 0 radical (unpaired) electrons. The summed E-state index contributed by atoms with van der Waals surface area (Å²) in [6.07, 6.45) is 1.58. The molecule has 4 nitrogen and oxygen atoms in total. The van der Waals surface area contributed by atoms with Crippen LogP contribution in [0.3, 0.4) is 0 Å². The zero-order chi connectivity index (χ0) is 17.6. The molecule has 2 aromatic carbocycles. The number of hydrogen-bond acceptors (Lipinski definition) is 4. The maximum Gasteiger partial charge on any atom is 0.338 e. The van der Waals surface area contributed by atoms with Crippen molar-refractivity contribution in [2.24, 2.45) is 11.1 Å². The Morgan fingerprint density at radius 3 is 2.40 bits per heavy atom. The number of fused-ring (bicyclic) bond motifs is 1. The molecule has 1 saturated carbocycles. The van der Waals surface area contributed by atoms with E-state index in [0.29, 0.717) is 18.1 Å². The molecule has 25 heavy (non-hydrogen) atoms. The summed E-state index contributed by atoms with van der Waals surface area (Å²) in [6.45, 7) is 4.62. The third kappa shape index (κ3) is 3.73. The summed E-state index contributed by atoms with van der Waals surface area (Å²) in [4.78, 5) is 17.4. The highest BCUT2D eigenvalue weighted by Gasteiger charge is 2.39. The maximum atomic E-state index is 12.3. The van der Waals surface area contributed by atoms with E-state index in [0.717, 1.165) is 29.7 Å². The number of benzene rings is 2. The van der Waals surface area contributed by atoms with Crippen LogP contribution in [0.15, 0.2) is 59.8 Å². The SMILES string of the molecule is CC.O=C(O[C@@H]1CCC2CON=C21)c1ccc(-c2ccccc2)cc1. The van der Waals surface area contributed by atoms with Crippen LogP contribution < -0.4 is 0 Å². The third-order valence-corrected chi connectivity index (χ3v) is 4.45. The first kappa shape index (κ1) is 17.2. The first-order chi connectivity index (χ1) is 12.3. The van der Waals surface area contributed by atoms with Gasteiger partial charge in [0.2, 0.25) is 0 Å². The predicted octanol–water partition coefficient (Wildman–Crippen LogP) is 4.70. The van der Waals surface area contributed by atoms with E-state index in [2.05, 4.69) is 5.16 Å². The summed E-state index contributed by atoms with van der Waals surface area (Å²) in [6, 6.07) is 17.6. The molecule has 0 N–H and O–H groups in total. The van der Waals surface area contributed by atoms with Crippen molar-refractivity contribution in [3.8, 4) is 11.1 Å². The highest BCUT2D eigenvalue weighted by molar-refractivity contribution is 5.97. The fraction of sp³-hybridized carbons (Fsp3) is 0.333. The van der Waals surface area contributed by atoms with Crippen molar-refractivity contribution in [2.75, 3.05) is 6.61 Å². The van der Waals surface area contributed by atoms with E-state index in [1.165, 1.54) is 0 Å². The quantitative estimate of drug-likeness (QED) is 0.763. The Kier molecular flexibility index (Phi) is 5.49. The topological polar surface area (TPSA) is 47.9 Å². The van der Waals surface area contributed by atoms with Crippen LogP contribution in [-0.4, -0.2) is 24.4 Å². The first-order valence-corrected chi connectivity index (χ1v) is 8.87. The standard InChI is InChI=1S/C19H17NO3.C2H6/c21-19(23-17-11-10-16-12-22-20-18(16)17)15-8-6-14(7-9-15)13-4-2-1-3-5-13;1-2/h1-9,16-17H,10-12H2;1-2H3/t16?,17-;/m1./s1. The van der Waals surface area contributed by atoms with E-state index in [1.54, 1.807) is 0 Å². The van der Waals surface area contributed by atoms with Crippen LogP contribution in [0.1, 0.15) is 37.0 Å². The molecule has 0 aromatic heterocycles. The molecule has 0 saturated heterocycles. The van der Waals surface area contributed by atoms with E-state index in [1.807, 2.05) is 68.4 Å². The Balaban J connectivity index is 0.000000880. The van der Waals surface area contributed by atoms with Crippen molar-refractivity contribution < 1.29 is 14.4 Å². The van der Waals surface area contributed by atoms with Gasteiger partial charge in [-0.3, -0.25) is 0 Å². The summed E-state index contributed by atoms with van der Waals surface area (Å²) < 4.78 is 5.61. The van der Waals surface area contributed by atoms with Crippen LogP contribution >= 0.6 is 0 Å². The second kappa shape index (κ2) is 7.97. The lowest BCUT2D eigenvalue weighted by molar-refractivity contribution is 0.0420. The number of oxime groups is 1. The molecular weight excluding hydrogens is 314 g/mol. The Labute approximate surface area is 148 Å². The van der Waals surface area contributed by atoms with Gasteiger partial charge in [-0.15, -0.1) is 0 Å². The molecule has 1 aliphatic carbocycles. The van der Waals surface area contributed by atoms with E-state index >= 15 is 0 Å². The van der Waals surface area contributed by atoms with Gasteiger partial charge in [0.15, 0.2) is 0 Å². The summed E-state index contributed by atoms with van der Waals surface area (Å²) in [5.41, 5.74) is 3.66. The van der Waals surface area contributed by atoms with Gasteiger partial charge in [0.05, 0.1) is 5.56 Å². The number of carbonyl (C=O) groups is 1. The van der Waals surface area contributed by atoms with Crippen LogP contribution in [0, 0.1) is 5.92 Å². The lowest BCUT2D eigenvalue weighted by Crippen LogP contribution is -2.24. The molecule has 2 aromatic rings. The molecular formula is C21H23NO3. The summed E-state index contributed by atoms with van der Waals surface area (Å²) in [5.74, 6) is 0.0260. The molecule has 1 fully saturated rings. The Bertz CT molecular complexity index is 737. The molecule has 2 atom stereocenters. The van der Waals surface area contributed by atoms with Gasteiger partial charge in [-0.1, -0.05) is 61.5 Å².